The molecule has 0 aromatic carbocycles. The molecule has 0 aliphatic carbocycles. The molecule has 1 unspecified atom stereocenters. The van der Waals surface area contributed by atoms with Crippen LogP contribution in [0.3, 0.4) is 0 Å². The summed E-state index contributed by atoms with van der Waals surface area (Å²) in [6.07, 6.45) is 7.57. The molecule has 0 saturated carbocycles. The molecule has 78 valence electrons. The van der Waals surface area contributed by atoms with Crippen molar-refractivity contribution in [3.8, 4) is 12.3 Å². The van der Waals surface area contributed by atoms with E-state index >= 15 is 0 Å². The molecule has 0 radical (unpaired) electrons. The van der Waals surface area contributed by atoms with E-state index in [4.69, 9.17) is 6.42 Å². The highest BCUT2D eigenvalue weighted by Gasteiger charge is 2.12. The van der Waals surface area contributed by atoms with E-state index in [-0.39, 0.29) is 11.9 Å². The average molecular weight is 267 g/mol. The number of carbonyl (C=O) groups is 1. The number of hydrogen-bond acceptors (Lipinski definition) is 2. The number of nitrogens with one attached hydrogen (secondary N) is 1. The fourth-order valence-corrected chi connectivity index (χ4v) is 1.48. The topological polar surface area (TPSA) is 42.0 Å². The zero-order valence-electron chi connectivity index (χ0n) is 8.33. The fraction of sp³-hybridized carbons (Fsp3) is 0.273. The number of hydrogen-bond donors (Lipinski definition) is 1. The Kier molecular flexibility index (Phi) is 4.32. The van der Waals surface area contributed by atoms with Gasteiger partial charge in [-0.1, -0.05) is 12.8 Å². The maximum Gasteiger partial charge on any atom is 0.254 e. The van der Waals surface area contributed by atoms with Gasteiger partial charge in [-0.25, -0.2) is 4.98 Å². The van der Waals surface area contributed by atoms with E-state index in [1.807, 2.05) is 6.92 Å². The summed E-state index contributed by atoms with van der Waals surface area (Å²) in [5.41, 5.74) is 0.492. The molecule has 1 atom stereocenters. The summed E-state index contributed by atoms with van der Waals surface area (Å²) in [6.45, 7) is 1.92. The summed E-state index contributed by atoms with van der Waals surface area (Å²) in [4.78, 5) is 15.7. The maximum absolute atomic E-state index is 11.7. The van der Waals surface area contributed by atoms with Gasteiger partial charge in [-0.3, -0.25) is 4.79 Å². The molecular formula is C11H11BrN2O. The summed E-state index contributed by atoms with van der Waals surface area (Å²) in [5, 5.41) is 2.73. The summed E-state index contributed by atoms with van der Waals surface area (Å²) in [7, 11) is 0. The molecule has 0 aliphatic rings. The zero-order chi connectivity index (χ0) is 11.3. The lowest BCUT2D eigenvalue weighted by Gasteiger charge is -2.10. The second kappa shape index (κ2) is 5.52. The Bertz CT molecular complexity index is 398. The molecule has 1 aromatic rings. The highest BCUT2D eigenvalue weighted by molar-refractivity contribution is 9.10. The molecule has 0 fully saturated rings. The first kappa shape index (κ1) is 11.7. The van der Waals surface area contributed by atoms with E-state index < -0.39 is 0 Å². The molecular weight excluding hydrogens is 256 g/mol. The lowest BCUT2D eigenvalue weighted by Crippen LogP contribution is -2.33. The largest absolute Gasteiger partial charge is 0.338 e. The van der Waals surface area contributed by atoms with E-state index in [9.17, 15) is 4.79 Å². The second-order valence-corrected chi connectivity index (χ2v) is 3.69. The third-order valence-corrected chi connectivity index (χ3v) is 2.55. The van der Waals surface area contributed by atoms with Gasteiger partial charge in [0.2, 0.25) is 0 Å². The highest BCUT2D eigenvalue weighted by atomic mass is 79.9. The first-order valence-corrected chi connectivity index (χ1v) is 5.35. The lowest BCUT2D eigenvalue weighted by molar-refractivity contribution is 0.0944. The van der Waals surface area contributed by atoms with Crippen LogP contribution in [0.5, 0.6) is 0 Å². The van der Waals surface area contributed by atoms with Crippen LogP contribution in [0.1, 0.15) is 23.7 Å². The molecule has 1 rings (SSSR count). The van der Waals surface area contributed by atoms with Gasteiger partial charge in [0.05, 0.1) is 11.6 Å². The van der Waals surface area contributed by atoms with Crippen molar-refractivity contribution in [2.75, 3.05) is 0 Å². The molecule has 0 aliphatic heterocycles. The number of aromatic nitrogens is 1. The Hall–Kier alpha value is -1.34. The number of nitrogens with zero attached hydrogens (tertiary/aromatic N) is 1. The van der Waals surface area contributed by atoms with Gasteiger partial charge in [0.1, 0.15) is 4.60 Å². The highest BCUT2D eigenvalue weighted by Crippen LogP contribution is 2.12. The predicted molar refractivity (Wildman–Crippen MR) is 62.3 cm³/mol. The van der Waals surface area contributed by atoms with Crippen LogP contribution in [0.2, 0.25) is 0 Å². The van der Waals surface area contributed by atoms with Gasteiger partial charge >= 0.3 is 0 Å². The van der Waals surface area contributed by atoms with Crippen molar-refractivity contribution in [1.29, 1.82) is 0 Å². The van der Waals surface area contributed by atoms with Crippen LogP contribution in [0, 0.1) is 12.3 Å². The standard InChI is InChI=1S/C11H11BrN2O/c1-3-8(4-2)14-11(15)9-6-5-7-13-10(9)12/h1,5-8H,4H2,2H3,(H,14,15). The zero-order valence-corrected chi connectivity index (χ0v) is 9.91. The summed E-state index contributed by atoms with van der Waals surface area (Å²) in [6, 6.07) is 3.16. The van der Waals surface area contributed by atoms with E-state index in [0.29, 0.717) is 16.6 Å². The molecule has 1 N–H and O–H groups in total. The van der Waals surface area contributed by atoms with Crippen LogP contribution in [0.4, 0.5) is 0 Å². The first-order chi connectivity index (χ1) is 7.19. The summed E-state index contributed by atoms with van der Waals surface area (Å²) in [5.74, 6) is 2.30. The minimum absolute atomic E-state index is 0.209. The van der Waals surface area contributed by atoms with Crippen molar-refractivity contribution in [2.45, 2.75) is 19.4 Å². The molecule has 1 aromatic heterocycles. The van der Waals surface area contributed by atoms with E-state index in [1.165, 1.54) is 0 Å². The molecule has 0 spiro atoms. The maximum atomic E-state index is 11.7. The van der Waals surface area contributed by atoms with E-state index in [2.05, 4.69) is 32.2 Å². The normalized spacial score (nSPS) is 11.5. The van der Waals surface area contributed by atoms with Crippen LogP contribution in [0.25, 0.3) is 0 Å². The molecule has 0 bridgehead atoms. The molecule has 3 nitrogen and oxygen atoms in total. The van der Waals surface area contributed by atoms with Crippen molar-refractivity contribution in [2.24, 2.45) is 0 Å². The minimum Gasteiger partial charge on any atom is -0.338 e. The van der Waals surface area contributed by atoms with Crippen LogP contribution in [-0.2, 0) is 0 Å². The second-order valence-electron chi connectivity index (χ2n) is 2.94. The molecule has 0 saturated heterocycles. The third-order valence-electron chi connectivity index (χ3n) is 1.92. The Labute approximate surface area is 97.4 Å². The van der Waals surface area contributed by atoms with Crippen molar-refractivity contribution in [1.82, 2.24) is 10.3 Å². The van der Waals surface area contributed by atoms with E-state index in [1.54, 1.807) is 18.3 Å². The van der Waals surface area contributed by atoms with E-state index in [0.717, 1.165) is 0 Å². The van der Waals surface area contributed by atoms with Crippen LogP contribution in [-0.4, -0.2) is 16.9 Å². The van der Waals surface area contributed by atoms with Gasteiger partial charge in [0, 0.05) is 6.20 Å². The van der Waals surface area contributed by atoms with Gasteiger partial charge in [-0.2, -0.15) is 0 Å². The van der Waals surface area contributed by atoms with Gasteiger partial charge in [-0.15, -0.1) is 6.42 Å². The van der Waals surface area contributed by atoms with Gasteiger partial charge in [0.15, 0.2) is 0 Å². The van der Waals surface area contributed by atoms with Crippen LogP contribution < -0.4 is 5.32 Å². The summed E-state index contributed by atoms with van der Waals surface area (Å²) < 4.78 is 0.523. The lowest BCUT2D eigenvalue weighted by atomic mass is 10.2. The number of carbonyl (C=O) groups excluding carboxylic acids is 1. The fourth-order valence-electron chi connectivity index (χ4n) is 1.05. The number of terminal acetylenes is 1. The molecule has 1 heterocycles. The van der Waals surface area contributed by atoms with Gasteiger partial charge in [-0.05, 0) is 34.5 Å². The van der Waals surface area contributed by atoms with Crippen molar-refractivity contribution < 1.29 is 4.79 Å². The van der Waals surface area contributed by atoms with Crippen molar-refractivity contribution in [3.63, 3.8) is 0 Å². The Balaban J connectivity index is 2.79. The smallest absolute Gasteiger partial charge is 0.254 e. The first-order valence-electron chi connectivity index (χ1n) is 4.56. The summed E-state index contributed by atoms with van der Waals surface area (Å²) >= 11 is 3.21. The molecule has 15 heavy (non-hydrogen) atoms. The van der Waals surface area contributed by atoms with Crippen molar-refractivity contribution >= 4 is 21.8 Å². The SMILES string of the molecule is C#CC(CC)NC(=O)c1cccnc1Br. The van der Waals surface area contributed by atoms with Crippen LogP contribution in [0.15, 0.2) is 22.9 Å². The average Bonchev–Trinajstić information content (AvgIpc) is 2.26. The van der Waals surface area contributed by atoms with Crippen LogP contribution >= 0.6 is 15.9 Å². The molecule has 4 heteroatoms. The Morgan fingerprint density at radius 2 is 2.53 bits per heavy atom. The predicted octanol–water partition coefficient (Wildman–Crippen LogP) is 1.99. The van der Waals surface area contributed by atoms with Gasteiger partial charge in [0.25, 0.3) is 5.91 Å². The third kappa shape index (κ3) is 3.07. The van der Waals surface area contributed by atoms with Gasteiger partial charge < -0.3 is 5.32 Å². The minimum atomic E-state index is -0.232. The molecule has 1 amide bonds. The Morgan fingerprint density at radius 3 is 3.07 bits per heavy atom. The monoisotopic (exact) mass is 266 g/mol. The Morgan fingerprint density at radius 1 is 1.80 bits per heavy atom. The quantitative estimate of drug-likeness (QED) is 0.672. The number of halogens is 1. The van der Waals surface area contributed by atoms with Crippen molar-refractivity contribution in [3.05, 3.63) is 28.5 Å². The number of rotatable bonds is 3. The number of amides is 1. The number of pyridine rings is 1.